The van der Waals surface area contributed by atoms with Crippen LogP contribution in [0.5, 0.6) is 11.6 Å². The van der Waals surface area contributed by atoms with Crippen molar-refractivity contribution in [3.63, 3.8) is 0 Å². The summed E-state index contributed by atoms with van der Waals surface area (Å²) in [6, 6.07) is 10.9. The van der Waals surface area contributed by atoms with Gasteiger partial charge in [0, 0.05) is 18.0 Å². The molecule has 112 valence electrons. The standard InChI is InChI=1S/C16H15ClN4O/c1-10-9-13(11(2)8-12(10)18)22-16-6-7-21(20-16)15-5-3-4-14(17)19-15/h3-9H,18H2,1-2H3. The highest BCUT2D eigenvalue weighted by molar-refractivity contribution is 6.29. The number of rotatable bonds is 3. The molecule has 5 nitrogen and oxygen atoms in total. The number of nitrogen functional groups attached to an aromatic ring is 1. The van der Waals surface area contributed by atoms with Crippen LogP contribution in [-0.4, -0.2) is 14.8 Å². The highest BCUT2D eigenvalue weighted by Gasteiger charge is 2.08. The predicted octanol–water partition coefficient (Wildman–Crippen LogP) is 3.91. The SMILES string of the molecule is Cc1cc(Oc2ccn(-c3cccc(Cl)n3)n2)c(C)cc1N. The second kappa shape index (κ2) is 5.69. The number of hydrogen-bond acceptors (Lipinski definition) is 4. The summed E-state index contributed by atoms with van der Waals surface area (Å²) in [5.41, 5.74) is 8.56. The summed E-state index contributed by atoms with van der Waals surface area (Å²) < 4.78 is 7.44. The number of ether oxygens (including phenoxy) is 1. The molecule has 2 aromatic heterocycles. The van der Waals surface area contributed by atoms with Crippen LogP contribution in [0, 0.1) is 13.8 Å². The second-order valence-electron chi connectivity index (χ2n) is 4.99. The van der Waals surface area contributed by atoms with Crippen molar-refractivity contribution >= 4 is 17.3 Å². The van der Waals surface area contributed by atoms with E-state index in [9.17, 15) is 0 Å². The Morgan fingerprint density at radius 3 is 2.73 bits per heavy atom. The molecule has 1 aromatic carbocycles. The average molecular weight is 315 g/mol. The first-order valence-corrected chi connectivity index (χ1v) is 7.14. The van der Waals surface area contributed by atoms with Crippen molar-refractivity contribution < 1.29 is 4.74 Å². The van der Waals surface area contributed by atoms with Gasteiger partial charge in [-0.25, -0.2) is 9.67 Å². The van der Waals surface area contributed by atoms with Crippen LogP contribution in [0.2, 0.25) is 5.15 Å². The monoisotopic (exact) mass is 314 g/mol. The number of hydrogen-bond donors (Lipinski definition) is 1. The zero-order chi connectivity index (χ0) is 15.7. The molecule has 3 rings (SSSR count). The Balaban J connectivity index is 1.87. The number of halogens is 1. The van der Waals surface area contributed by atoms with Crippen LogP contribution in [0.4, 0.5) is 5.69 Å². The van der Waals surface area contributed by atoms with Crippen LogP contribution in [0.15, 0.2) is 42.6 Å². The molecule has 2 N–H and O–H groups in total. The first-order valence-electron chi connectivity index (χ1n) is 6.76. The van der Waals surface area contributed by atoms with Crippen LogP contribution in [0.3, 0.4) is 0 Å². The second-order valence-corrected chi connectivity index (χ2v) is 5.38. The fourth-order valence-corrected chi connectivity index (χ4v) is 2.21. The van der Waals surface area contributed by atoms with Gasteiger partial charge in [0.1, 0.15) is 10.9 Å². The van der Waals surface area contributed by atoms with E-state index in [0.29, 0.717) is 16.9 Å². The first kappa shape index (κ1) is 14.4. The topological polar surface area (TPSA) is 66.0 Å². The minimum absolute atomic E-state index is 0.417. The number of anilines is 1. The maximum atomic E-state index is 5.89. The van der Waals surface area contributed by atoms with Gasteiger partial charge in [-0.05, 0) is 49.2 Å². The molecule has 6 heteroatoms. The van der Waals surface area contributed by atoms with Crippen molar-refractivity contribution in [2.24, 2.45) is 0 Å². The maximum absolute atomic E-state index is 5.89. The van der Waals surface area contributed by atoms with Gasteiger partial charge >= 0.3 is 0 Å². The Morgan fingerprint density at radius 1 is 1.14 bits per heavy atom. The fraction of sp³-hybridized carbons (Fsp3) is 0.125. The van der Waals surface area contributed by atoms with Gasteiger partial charge in [-0.3, -0.25) is 0 Å². The molecular weight excluding hydrogens is 300 g/mol. The van der Waals surface area contributed by atoms with E-state index in [4.69, 9.17) is 22.1 Å². The molecule has 0 aliphatic heterocycles. The van der Waals surface area contributed by atoms with Crippen molar-refractivity contribution in [2.75, 3.05) is 5.73 Å². The molecule has 2 heterocycles. The molecule has 0 unspecified atom stereocenters. The van der Waals surface area contributed by atoms with Gasteiger partial charge in [0.05, 0.1) is 0 Å². The van der Waals surface area contributed by atoms with Gasteiger partial charge in [0.2, 0.25) is 5.88 Å². The Kier molecular flexibility index (Phi) is 3.73. The molecule has 3 aromatic rings. The van der Waals surface area contributed by atoms with E-state index >= 15 is 0 Å². The molecule has 0 bridgehead atoms. The third kappa shape index (κ3) is 2.89. The molecular formula is C16H15ClN4O. The Bertz CT molecular complexity index is 829. The number of nitrogens with zero attached hydrogens (tertiary/aromatic N) is 3. The van der Waals surface area contributed by atoms with Crippen LogP contribution >= 0.6 is 11.6 Å². The summed E-state index contributed by atoms with van der Waals surface area (Å²) in [7, 11) is 0. The Morgan fingerprint density at radius 2 is 1.95 bits per heavy atom. The number of aromatic nitrogens is 3. The number of benzene rings is 1. The van der Waals surface area contributed by atoms with E-state index in [1.54, 1.807) is 23.0 Å². The molecule has 0 saturated heterocycles. The van der Waals surface area contributed by atoms with E-state index < -0.39 is 0 Å². The quantitative estimate of drug-likeness (QED) is 0.588. The maximum Gasteiger partial charge on any atom is 0.238 e. The molecule has 0 spiro atoms. The Hall–Kier alpha value is -2.53. The van der Waals surface area contributed by atoms with E-state index in [0.717, 1.165) is 22.6 Å². The lowest BCUT2D eigenvalue weighted by Gasteiger charge is -2.09. The van der Waals surface area contributed by atoms with Gasteiger partial charge in [0.25, 0.3) is 0 Å². The smallest absolute Gasteiger partial charge is 0.238 e. The lowest BCUT2D eigenvalue weighted by Crippen LogP contribution is -1.99. The van der Waals surface area contributed by atoms with Crippen molar-refractivity contribution in [1.29, 1.82) is 0 Å². The van der Waals surface area contributed by atoms with Gasteiger partial charge in [-0.1, -0.05) is 17.7 Å². The van der Waals surface area contributed by atoms with Gasteiger partial charge in [-0.2, -0.15) is 0 Å². The molecule has 0 fully saturated rings. The summed E-state index contributed by atoms with van der Waals surface area (Å²) >= 11 is 5.89. The lowest BCUT2D eigenvalue weighted by molar-refractivity contribution is 0.453. The largest absolute Gasteiger partial charge is 0.437 e. The number of aryl methyl sites for hydroxylation is 2. The third-order valence-electron chi connectivity index (χ3n) is 3.28. The van der Waals surface area contributed by atoms with Crippen molar-refractivity contribution in [2.45, 2.75) is 13.8 Å². The number of pyridine rings is 1. The highest BCUT2D eigenvalue weighted by Crippen LogP contribution is 2.28. The summed E-state index contributed by atoms with van der Waals surface area (Å²) in [4.78, 5) is 4.20. The molecule has 0 amide bonds. The Labute approximate surface area is 133 Å². The minimum Gasteiger partial charge on any atom is -0.437 e. The van der Waals surface area contributed by atoms with Crippen molar-refractivity contribution in [3.05, 3.63) is 58.9 Å². The molecule has 0 radical (unpaired) electrons. The molecule has 0 aliphatic rings. The summed E-state index contributed by atoms with van der Waals surface area (Å²) in [6.07, 6.45) is 1.77. The zero-order valence-corrected chi connectivity index (χ0v) is 13.0. The van der Waals surface area contributed by atoms with Crippen LogP contribution in [0.1, 0.15) is 11.1 Å². The molecule has 0 saturated carbocycles. The minimum atomic E-state index is 0.417. The predicted molar refractivity (Wildman–Crippen MR) is 86.8 cm³/mol. The number of nitrogens with two attached hydrogens (primary N) is 1. The van der Waals surface area contributed by atoms with Crippen molar-refractivity contribution in [3.8, 4) is 17.4 Å². The zero-order valence-electron chi connectivity index (χ0n) is 12.2. The normalized spacial score (nSPS) is 10.7. The van der Waals surface area contributed by atoms with Crippen molar-refractivity contribution in [1.82, 2.24) is 14.8 Å². The van der Waals surface area contributed by atoms with E-state index in [2.05, 4.69) is 10.1 Å². The molecule has 0 aliphatic carbocycles. The average Bonchev–Trinajstić information content (AvgIpc) is 2.93. The summed E-state index contributed by atoms with van der Waals surface area (Å²) in [5.74, 6) is 1.85. The van der Waals surface area contributed by atoms with E-state index in [1.165, 1.54) is 0 Å². The lowest BCUT2D eigenvalue weighted by atomic mass is 10.1. The van der Waals surface area contributed by atoms with Crippen LogP contribution in [-0.2, 0) is 0 Å². The van der Waals surface area contributed by atoms with E-state index in [1.807, 2.05) is 38.1 Å². The van der Waals surface area contributed by atoms with Crippen LogP contribution in [0.25, 0.3) is 5.82 Å². The third-order valence-corrected chi connectivity index (χ3v) is 3.49. The fourth-order valence-electron chi connectivity index (χ4n) is 2.05. The van der Waals surface area contributed by atoms with Crippen LogP contribution < -0.4 is 10.5 Å². The van der Waals surface area contributed by atoms with Gasteiger partial charge < -0.3 is 10.5 Å². The molecule has 22 heavy (non-hydrogen) atoms. The van der Waals surface area contributed by atoms with Gasteiger partial charge in [0.15, 0.2) is 5.82 Å². The van der Waals surface area contributed by atoms with E-state index in [-0.39, 0.29) is 0 Å². The molecule has 0 atom stereocenters. The summed E-state index contributed by atoms with van der Waals surface area (Å²) in [5, 5.41) is 4.77. The van der Waals surface area contributed by atoms with Gasteiger partial charge in [-0.15, -0.1) is 5.10 Å². The summed E-state index contributed by atoms with van der Waals surface area (Å²) in [6.45, 7) is 3.89. The highest BCUT2D eigenvalue weighted by atomic mass is 35.5. The first-order chi connectivity index (χ1) is 10.5.